The molecule has 20 heavy (non-hydrogen) atoms. The van der Waals surface area contributed by atoms with E-state index >= 15 is 0 Å². The first-order valence-electron chi connectivity index (χ1n) is 7.53. The maximum atomic E-state index is 8.79. The molecule has 0 spiro atoms. The van der Waals surface area contributed by atoms with Gasteiger partial charge in [-0.25, -0.2) is 0 Å². The number of aliphatic hydroxyl groups is 1. The summed E-state index contributed by atoms with van der Waals surface area (Å²) >= 11 is 2.00. The Kier molecular flexibility index (Phi) is 4.99. The number of piperidine rings is 1. The summed E-state index contributed by atoms with van der Waals surface area (Å²) in [6, 6.07) is 8.83. The Hall–Kier alpha value is -0.550. The van der Waals surface area contributed by atoms with E-state index in [0.29, 0.717) is 18.6 Å². The van der Waals surface area contributed by atoms with Crippen LogP contribution in [0.3, 0.4) is 0 Å². The molecule has 1 fully saturated rings. The summed E-state index contributed by atoms with van der Waals surface area (Å²) in [7, 11) is 0. The van der Waals surface area contributed by atoms with Crippen LogP contribution in [0.5, 0.6) is 0 Å². The van der Waals surface area contributed by atoms with Gasteiger partial charge in [-0.1, -0.05) is 18.2 Å². The number of fused-ring (bicyclic) bond motifs is 1. The second-order valence-electron chi connectivity index (χ2n) is 5.64. The van der Waals surface area contributed by atoms with Gasteiger partial charge in [0.05, 0.1) is 19.3 Å². The van der Waals surface area contributed by atoms with Gasteiger partial charge in [-0.05, 0) is 24.5 Å². The maximum Gasteiger partial charge on any atom is 0.0701 e. The van der Waals surface area contributed by atoms with Crippen molar-refractivity contribution in [2.75, 3.05) is 38.6 Å². The van der Waals surface area contributed by atoms with Crippen molar-refractivity contribution in [1.82, 2.24) is 4.90 Å². The average molecular weight is 293 g/mol. The van der Waals surface area contributed by atoms with Crippen LogP contribution in [0.4, 0.5) is 0 Å². The van der Waals surface area contributed by atoms with Crippen molar-refractivity contribution in [3.63, 3.8) is 0 Å². The molecule has 0 amide bonds. The molecule has 1 saturated heterocycles. The van der Waals surface area contributed by atoms with E-state index in [2.05, 4.69) is 29.2 Å². The quantitative estimate of drug-likeness (QED) is 0.903. The first-order chi connectivity index (χ1) is 9.86. The van der Waals surface area contributed by atoms with Crippen LogP contribution in [-0.4, -0.2) is 54.7 Å². The van der Waals surface area contributed by atoms with Crippen molar-refractivity contribution in [3.8, 4) is 0 Å². The summed E-state index contributed by atoms with van der Waals surface area (Å²) in [6.45, 7) is 4.04. The van der Waals surface area contributed by atoms with Gasteiger partial charge in [-0.2, -0.15) is 0 Å². The number of nitrogens with zero attached hydrogens (tertiary/aromatic N) is 1. The molecular formula is C16H23NO2S. The summed E-state index contributed by atoms with van der Waals surface area (Å²) < 4.78 is 5.63. The van der Waals surface area contributed by atoms with E-state index in [-0.39, 0.29) is 6.61 Å². The Morgan fingerprint density at radius 3 is 2.85 bits per heavy atom. The van der Waals surface area contributed by atoms with Crippen molar-refractivity contribution in [1.29, 1.82) is 0 Å². The highest BCUT2D eigenvalue weighted by Gasteiger charge is 2.27. The third-order valence-corrected chi connectivity index (χ3v) is 5.51. The number of rotatable bonds is 5. The van der Waals surface area contributed by atoms with Crippen molar-refractivity contribution < 1.29 is 9.84 Å². The molecule has 3 nitrogen and oxygen atoms in total. The lowest BCUT2D eigenvalue weighted by Gasteiger charge is -2.33. The van der Waals surface area contributed by atoms with Crippen LogP contribution in [0.1, 0.15) is 24.3 Å². The van der Waals surface area contributed by atoms with E-state index in [1.165, 1.54) is 22.8 Å². The van der Waals surface area contributed by atoms with Gasteiger partial charge in [0.2, 0.25) is 0 Å². The van der Waals surface area contributed by atoms with Crippen LogP contribution in [0, 0.1) is 0 Å². The molecule has 1 N–H and O–H groups in total. The highest BCUT2D eigenvalue weighted by Crippen LogP contribution is 2.39. The smallest absolute Gasteiger partial charge is 0.0701 e. The molecular weight excluding hydrogens is 270 g/mol. The SMILES string of the molecule is OCCOC1CCN(CC2CSc3ccccc32)CC1. The molecule has 0 saturated carbocycles. The molecule has 2 heterocycles. The highest BCUT2D eigenvalue weighted by atomic mass is 32.2. The lowest BCUT2D eigenvalue weighted by atomic mass is 9.99. The molecule has 0 aromatic heterocycles. The molecule has 0 bridgehead atoms. The van der Waals surface area contributed by atoms with Crippen molar-refractivity contribution in [3.05, 3.63) is 29.8 Å². The van der Waals surface area contributed by atoms with Gasteiger partial charge in [0, 0.05) is 36.2 Å². The molecule has 2 aliphatic heterocycles. The maximum absolute atomic E-state index is 8.79. The van der Waals surface area contributed by atoms with Crippen molar-refractivity contribution in [2.45, 2.75) is 29.8 Å². The Bertz CT molecular complexity index is 432. The first-order valence-corrected chi connectivity index (χ1v) is 8.52. The number of ether oxygens (including phenoxy) is 1. The zero-order chi connectivity index (χ0) is 13.8. The van der Waals surface area contributed by atoms with E-state index in [9.17, 15) is 0 Å². The van der Waals surface area contributed by atoms with Gasteiger partial charge < -0.3 is 14.7 Å². The van der Waals surface area contributed by atoms with Crippen LogP contribution in [-0.2, 0) is 4.74 Å². The molecule has 0 radical (unpaired) electrons. The van der Waals surface area contributed by atoms with Crippen molar-refractivity contribution in [2.24, 2.45) is 0 Å². The van der Waals surface area contributed by atoms with E-state index < -0.39 is 0 Å². The Labute approximate surface area is 125 Å². The normalized spacial score (nSPS) is 23.9. The van der Waals surface area contributed by atoms with Crippen LogP contribution in [0.2, 0.25) is 0 Å². The Balaban J connectivity index is 1.49. The zero-order valence-corrected chi connectivity index (χ0v) is 12.6. The molecule has 0 aliphatic carbocycles. The molecule has 1 unspecified atom stereocenters. The van der Waals surface area contributed by atoms with Crippen LogP contribution >= 0.6 is 11.8 Å². The number of aliphatic hydroxyl groups excluding tert-OH is 1. The number of hydrogen-bond acceptors (Lipinski definition) is 4. The van der Waals surface area contributed by atoms with Gasteiger partial charge in [0.1, 0.15) is 0 Å². The van der Waals surface area contributed by atoms with E-state index in [0.717, 1.165) is 25.9 Å². The molecule has 2 aliphatic rings. The van der Waals surface area contributed by atoms with Gasteiger partial charge >= 0.3 is 0 Å². The van der Waals surface area contributed by atoms with Gasteiger partial charge in [-0.15, -0.1) is 11.8 Å². The Morgan fingerprint density at radius 2 is 2.05 bits per heavy atom. The fourth-order valence-electron chi connectivity index (χ4n) is 3.17. The lowest BCUT2D eigenvalue weighted by Crippen LogP contribution is -2.39. The third-order valence-electron chi connectivity index (χ3n) is 4.26. The zero-order valence-electron chi connectivity index (χ0n) is 11.8. The molecule has 1 atom stereocenters. The second-order valence-corrected chi connectivity index (χ2v) is 6.70. The summed E-state index contributed by atoms with van der Waals surface area (Å²) in [5.74, 6) is 1.91. The number of benzene rings is 1. The van der Waals surface area contributed by atoms with Crippen LogP contribution in [0.25, 0.3) is 0 Å². The lowest BCUT2D eigenvalue weighted by molar-refractivity contribution is -0.00826. The summed E-state index contributed by atoms with van der Waals surface area (Å²) in [4.78, 5) is 4.05. The predicted molar refractivity (Wildman–Crippen MR) is 82.4 cm³/mol. The van der Waals surface area contributed by atoms with Gasteiger partial charge in [0.25, 0.3) is 0 Å². The number of hydrogen-bond donors (Lipinski definition) is 1. The van der Waals surface area contributed by atoms with Crippen LogP contribution in [0.15, 0.2) is 29.2 Å². The highest BCUT2D eigenvalue weighted by molar-refractivity contribution is 7.99. The number of thioether (sulfide) groups is 1. The fraction of sp³-hybridized carbons (Fsp3) is 0.625. The fourth-order valence-corrected chi connectivity index (χ4v) is 4.41. The standard InChI is InChI=1S/C16H23NO2S/c18-9-10-19-14-5-7-17(8-6-14)11-13-12-20-16-4-2-1-3-15(13)16/h1-4,13-14,18H,5-12H2. The third kappa shape index (κ3) is 3.37. The van der Waals surface area contributed by atoms with Gasteiger partial charge in [-0.3, -0.25) is 0 Å². The first kappa shape index (κ1) is 14.4. The van der Waals surface area contributed by atoms with Crippen molar-refractivity contribution >= 4 is 11.8 Å². The summed E-state index contributed by atoms with van der Waals surface area (Å²) in [5.41, 5.74) is 1.54. The van der Waals surface area contributed by atoms with Gasteiger partial charge in [0.15, 0.2) is 0 Å². The van der Waals surface area contributed by atoms with Crippen LogP contribution < -0.4 is 0 Å². The Morgan fingerprint density at radius 1 is 1.25 bits per heavy atom. The monoisotopic (exact) mass is 293 g/mol. The minimum atomic E-state index is 0.135. The number of likely N-dealkylation sites (tertiary alicyclic amines) is 1. The topological polar surface area (TPSA) is 32.7 Å². The summed E-state index contributed by atoms with van der Waals surface area (Å²) in [5, 5.41) is 8.79. The average Bonchev–Trinajstić information content (AvgIpc) is 2.90. The minimum absolute atomic E-state index is 0.135. The molecule has 1 aromatic carbocycles. The largest absolute Gasteiger partial charge is 0.394 e. The summed E-state index contributed by atoms with van der Waals surface area (Å²) in [6.07, 6.45) is 2.55. The van der Waals surface area contributed by atoms with E-state index in [1.54, 1.807) is 0 Å². The minimum Gasteiger partial charge on any atom is -0.394 e. The van der Waals surface area contributed by atoms with E-state index in [4.69, 9.17) is 9.84 Å². The second kappa shape index (κ2) is 6.94. The molecule has 110 valence electrons. The molecule has 4 heteroatoms. The molecule has 3 rings (SSSR count). The molecule has 1 aromatic rings. The van der Waals surface area contributed by atoms with E-state index in [1.807, 2.05) is 11.8 Å². The predicted octanol–water partition coefficient (Wildman–Crippen LogP) is 2.35.